The topological polar surface area (TPSA) is 38.1 Å². The number of nitrogens with zero attached hydrogens (tertiary/aromatic N) is 1. The fourth-order valence-corrected chi connectivity index (χ4v) is 2.67. The number of hydrogen-bond acceptors (Lipinski definition) is 3. The van der Waals surface area contributed by atoms with Gasteiger partial charge >= 0.3 is 0 Å². The van der Waals surface area contributed by atoms with Gasteiger partial charge in [-0.25, -0.2) is 0 Å². The molecule has 2 aliphatic rings. The molecule has 1 fully saturated rings. The van der Waals surface area contributed by atoms with Gasteiger partial charge < -0.3 is 9.84 Å². The molecule has 0 aromatic carbocycles. The minimum Gasteiger partial charge on any atom is -0.356 e. The predicted molar refractivity (Wildman–Crippen MR) is 58.3 cm³/mol. The van der Waals surface area contributed by atoms with Crippen molar-refractivity contribution in [3.63, 3.8) is 0 Å². The van der Waals surface area contributed by atoms with Gasteiger partial charge in [0.15, 0.2) is 5.76 Å². The average Bonchev–Trinajstić information content (AvgIpc) is 2.84. The van der Waals surface area contributed by atoms with Crippen LogP contribution in [0.5, 0.6) is 0 Å². The fourth-order valence-electron chi connectivity index (χ4n) is 2.67. The zero-order valence-corrected chi connectivity index (χ0v) is 8.99. The molecule has 3 rings (SSSR count). The molecular weight excluding hydrogens is 188 g/mol. The molecule has 1 aromatic rings. The normalized spacial score (nSPS) is 30.1. The van der Waals surface area contributed by atoms with Gasteiger partial charge in [0, 0.05) is 12.1 Å². The smallest absolute Gasteiger partial charge is 0.162 e. The van der Waals surface area contributed by atoms with E-state index in [0.717, 1.165) is 23.8 Å². The van der Waals surface area contributed by atoms with Crippen LogP contribution in [0.3, 0.4) is 0 Å². The molecule has 0 saturated carbocycles. The second-order valence-corrected chi connectivity index (χ2v) is 4.61. The van der Waals surface area contributed by atoms with Crippen molar-refractivity contribution in [1.82, 2.24) is 10.5 Å². The zero-order valence-electron chi connectivity index (χ0n) is 8.99. The summed E-state index contributed by atoms with van der Waals surface area (Å²) >= 11 is 0. The highest BCUT2D eigenvalue weighted by Gasteiger charge is 2.30. The van der Waals surface area contributed by atoms with E-state index in [-0.39, 0.29) is 0 Å². The Kier molecular flexibility index (Phi) is 2.13. The van der Waals surface area contributed by atoms with Crippen LogP contribution in [0.15, 0.2) is 16.7 Å². The van der Waals surface area contributed by atoms with Crippen molar-refractivity contribution < 1.29 is 4.52 Å². The summed E-state index contributed by atoms with van der Waals surface area (Å²) in [6.45, 7) is 3.14. The Balaban J connectivity index is 1.83. The minimum absolute atomic E-state index is 0.662. The van der Waals surface area contributed by atoms with Crippen LogP contribution < -0.4 is 5.32 Å². The Morgan fingerprint density at radius 2 is 2.47 bits per heavy atom. The molecule has 1 N–H and O–H groups in total. The standard InChI is InChI=1S/C12H16N2O/c1-8-6-12(15-14-8)10-3-2-9-4-5-13-11(9)7-10/h3,6,9,11,13H,2,4-5,7H2,1H3/t9-,11-/m0/s1. The zero-order chi connectivity index (χ0) is 10.3. The minimum atomic E-state index is 0.662. The highest BCUT2D eigenvalue weighted by Crippen LogP contribution is 2.34. The second-order valence-electron chi connectivity index (χ2n) is 4.61. The van der Waals surface area contributed by atoms with Crippen molar-refractivity contribution in [3.8, 4) is 0 Å². The first-order valence-corrected chi connectivity index (χ1v) is 5.69. The first-order valence-electron chi connectivity index (χ1n) is 5.69. The molecule has 1 aliphatic carbocycles. The highest BCUT2D eigenvalue weighted by molar-refractivity contribution is 5.63. The van der Waals surface area contributed by atoms with Gasteiger partial charge in [0.1, 0.15) is 0 Å². The monoisotopic (exact) mass is 204 g/mol. The molecule has 0 spiro atoms. The van der Waals surface area contributed by atoms with E-state index in [1.807, 2.05) is 13.0 Å². The van der Waals surface area contributed by atoms with E-state index in [2.05, 4.69) is 16.5 Å². The first kappa shape index (κ1) is 9.16. The largest absolute Gasteiger partial charge is 0.356 e. The summed E-state index contributed by atoms with van der Waals surface area (Å²) in [7, 11) is 0. The lowest BCUT2D eigenvalue weighted by molar-refractivity contribution is 0.393. The highest BCUT2D eigenvalue weighted by atomic mass is 16.5. The molecule has 15 heavy (non-hydrogen) atoms. The van der Waals surface area contributed by atoms with Crippen LogP contribution in [-0.4, -0.2) is 17.7 Å². The van der Waals surface area contributed by atoms with E-state index in [0.29, 0.717) is 6.04 Å². The van der Waals surface area contributed by atoms with Crippen LogP contribution >= 0.6 is 0 Å². The fraction of sp³-hybridized carbons (Fsp3) is 0.583. The summed E-state index contributed by atoms with van der Waals surface area (Å²) in [5, 5.41) is 7.50. The van der Waals surface area contributed by atoms with Crippen molar-refractivity contribution in [3.05, 3.63) is 23.6 Å². The Labute approximate surface area is 89.5 Å². The Morgan fingerprint density at radius 3 is 3.27 bits per heavy atom. The van der Waals surface area contributed by atoms with E-state index in [1.165, 1.54) is 25.0 Å². The lowest BCUT2D eigenvalue weighted by Crippen LogP contribution is -2.29. The van der Waals surface area contributed by atoms with Gasteiger partial charge in [-0.2, -0.15) is 0 Å². The molecule has 80 valence electrons. The molecule has 1 saturated heterocycles. The third-order valence-corrected chi connectivity index (χ3v) is 3.54. The average molecular weight is 204 g/mol. The summed E-state index contributed by atoms with van der Waals surface area (Å²) in [6, 6.07) is 2.69. The number of aryl methyl sites for hydroxylation is 1. The van der Waals surface area contributed by atoms with Crippen LogP contribution in [0.4, 0.5) is 0 Å². The summed E-state index contributed by atoms with van der Waals surface area (Å²) < 4.78 is 5.31. The predicted octanol–water partition coefficient (Wildman–Crippen LogP) is 2.14. The summed E-state index contributed by atoms with van der Waals surface area (Å²) in [6.07, 6.45) is 5.93. The van der Waals surface area contributed by atoms with Gasteiger partial charge in [0.25, 0.3) is 0 Å². The summed E-state index contributed by atoms with van der Waals surface area (Å²) in [5.41, 5.74) is 2.29. The number of allylic oxidation sites excluding steroid dienone is 1. The molecule has 3 nitrogen and oxygen atoms in total. The van der Waals surface area contributed by atoms with E-state index in [9.17, 15) is 0 Å². The Bertz CT molecular complexity index is 394. The lowest BCUT2D eigenvalue weighted by Gasteiger charge is -2.23. The van der Waals surface area contributed by atoms with E-state index in [4.69, 9.17) is 4.52 Å². The molecule has 1 aromatic heterocycles. The van der Waals surface area contributed by atoms with Crippen LogP contribution in [-0.2, 0) is 0 Å². The van der Waals surface area contributed by atoms with Crippen molar-refractivity contribution in [1.29, 1.82) is 0 Å². The third kappa shape index (κ3) is 1.61. The number of rotatable bonds is 1. The SMILES string of the molecule is Cc1cc(C2=CC[C@H]3CCN[C@H]3C2)on1. The van der Waals surface area contributed by atoms with Crippen LogP contribution in [0, 0.1) is 12.8 Å². The summed E-state index contributed by atoms with van der Waals surface area (Å²) in [4.78, 5) is 0. The van der Waals surface area contributed by atoms with Crippen molar-refractivity contribution in [2.75, 3.05) is 6.54 Å². The van der Waals surface area contributed by atoms with Gasteiger partial charge in [-0.3, -0.25) is 0 Å². The molecule has 1 aliphatic heterocycles. The maximum atomic E-state index is 5.31. The second kappa shape index (κ2) is 3.49. The van der Waals surface area contributed by atoms with Gasteiger partial charge in [0.2, 0.25) is 0 Å². The molecule has 0 radical (unpaired) electrons. The summed E-state index contributed by atoms with van der Waals surface area (Å²) in [5.74, 6) is 1.80. The maximum Gasteiger partial charge on any atom is 0.162 e. The maximum absolute atomic E-state index is 5.31. The first-order chi connectivity index (χ1) is 7.33. The number of nitrogens with one attached hydrogen (secondary N) is 1. The van der Waals surface area contributed by atoms with Gasteiger partial charge in [-0.1, -0.05) is 11.2 Å². The molecule has 0 bridgehead atoms. The van der Waals surface area contributed by atoms with Gasteiger partial charge in [-0.15, -0.1) is 0 Å². The van der Waals surface area contributed by atoms with Gasteiger partial charge in [-0.05, 0) is 44.2 Å². The number of fused-ring (bicyclic) bond motifs is 1. The number of hydrogen-bond donors (Lipinski definition) is 1. The number of aromatic nitrogens is 1. The molecule has 0 amide bonds. The molecular formula is C12H16N2O. The van der Waals surface area contributed by atoms with Crippen LogP contribution in [0.2, 0.25) is 0 Å². The van der Waals surface area contributed by atoms with E-state index in [1.54, 1.807) is 0 Å². The van der Waals surface area contributed by atoms with E-state index < -0.39 is 0 Å². The van der Waals surface area contributed by atoms with Gasteiger partial charge in [0.05, 0.1) is 5.69 Å². The molecule has 2 heterocycles. The quantitative estimate of drug-likeness (QED) is 0.761. The molecule has 2 atom stereocenters. The van der Waals surface area contributed by atoms with Crippen LogP contribution in [0.1, 0.15) is 30.7 Å². The van der Waals surface area contributed by atoms with Crippen molar-refractivity contribution in [2.24, 2.45) is 5.92 Å². The Hall–Kier alpha value is -1.09. The van der Waals surface area contributed by atoms with Crippen LogP contribution in [0.25, 0.3) is 5.57 Å². The lowest BCUT2D eigenvalue weighted by atomic mass is 9.85. The van der Waals surface area contributed by atoms with E-state index >= 15 is 0 Å². The molecule has 0 unspecified atom stereocenters. The molecule has 3 heteroatoms. The Morgan fingerprint density at radius 1 is 1.53 bits per heavy atom. The van der Waals surface area contributed by atoms with Crippen molar-refractivity contribution in [2.45, 2.75) is 32.2 Å². The van der Waals surface area contributed by atoms with Crippen molar-refractivity contribution >= 4 is 5.57 Å². The third-order valence-electron chi connectivity index (χ3n) is 3.54.